The molecule has 0 bridgehead atoms. The Morgan fingerprint density at radius 2 is 2.05 bits per heavy atom. The molecule has 0 saturated carbocycles. The van der Waals surface area contributed by atoms with Crippen molar-refractivity contribution in [2.45, 2.75) is 18.8 Å². The first-order chi connectivity index (χ1) is 10.7. The first-order valence-electron chi connectivity index (χ1n) is 7.46. The monoisotopic (exact) mass is 299 g/mol. The summed E-state index contributed by atoms with van der Waals surface area (Å²) in [5, 5.41) is 6.08. The normalized spacial score (nSPS) is 18.0. The van der Waals surface area contributed by atoms with E-state index in [0.717, 1.165) is 31.6 Å². The smallest absolute Gasteiger partial charge is 0.257 e. The second-order valence-corrected chi connectivity index (χ2v) is 5.48. The van der Waals surface area contributed by atoms with Crippen molar-refractivity contribution < 1.29 is 9.18 Å². The van der Waals surface area contributed by atoms with Crippen molar-refractivity contribution in [1.29, 1.82) is 0 Å². The summed E-state index contributed by atoms with van der Waals surface area (Å²) in [5.74, 6) is -0.152. The quantitative estimate of drug-likeness (QED) is 0.916. The maximum Gasteiger partial charge on any atom is 0.257 e. The SMILES string of the molecule is O=C(Nc1ccc(F)cc1)c1ccc([C@@H]2CCCNC2)nc1. The molecular formula is C17H18FN3O. The minimum atomic E-state index is -0.329. The number of carbonyl (C=O) groups is 1. The van der Waals surface area contributed by atoms with Crippen molar-refractivity contribution in [2.75, 3.05) is 18.4 Å². The number of anilines is 1. The van der Waals surface area contributed by atoms with Crippen LogP contribution in [0.1, 0.15) is 34.8 Å². The molecule has 0 aliphatic carbocycles. The van der Waals surface area contributed by atoms with Gasteiger partial charge in [0.05, 0.1) is 5.56 Å². The highest BCUT2D eigenvalue weighted by atomic mass is 19.1. The van der Waals surface area contributed by atoms with Crippen molar-refractivity contribution in [2.24, 2.45) is 0 Å². The number of benzene rings is 1. The van der Waals surface area contributed by atoms with Gasteiger partial charge in [0, 0.05) is 30.0 Å². The summed E-state index contributed by atoms with van der Waals surface area (Å²) in [6.07, 6.45) is 3.88. The number of aromatic nitrogens is 1. The average Bonchev–Trinajstić information content (AvgIpc) is 2.58. The Balaban J connectivity index is 1.66. The Bertz CT molecular complexity index is 634. The van der Waals surface area contributed by atoms with Crippen LogP contribution in [0.5, 0.6) is 0 Å². The summed E-state index contributed by atoms with van der Waals surface area (Å²) < 4.78 is 12.8. The Morgan fingerprint density at radius 1 is 1.23 bits per heavy atom. The van der Waals surface area contributed by atoms with Crippen LogP contribution in [0.3, 0.4) is 0 Å². The third-order valence-electron chi connectivity index (χ3n) is 3.87. The summed E-state index contributed by atoms with van der Waals surface area (Å²) in [6.45, 7) is 2.00. The van der Waals surface area contributed by atoms with Crippen LogP contribution in [0.2, 0.25) is 0 Å². The summed E-state index contributed by atoms with van der Waals surface area (Å²) in [6, 6.07) is 9.39. The highest BCUT2D eigenvalue weighted by molar-refractivity contribution is 6.04. The van der Waals surface area contributed by atoms with Crippen LogP contribution in [0, 0.1) is 5.82 Å². The molecule has 1 saturated heterocycles. The van der Waals surface area contributed by atoms with Gasteiger partial charge in [0.1, 0.15) is 5.82 Å². The number of halogens is 1. The third-order valence-corrected chi connectivity index (χ3v) is 3.87. The van der Waals surface area contributed by atoms with Gasteiger partial charge in [-0.05, 0) is 55.8 Å². The van der Waals surface area contributed by atoms with Gasteiger partial charge in [-0.1, -0.05) is 0 Å². The first kappa shape index (κ1) is 14.7. The maximum atomic E-state index is 12.8. The second-order valence-electron chi connectivity index (χ2n) is 5.48. The Morgan fingerprint density at radius 3 is 2.68 bits per heavy atom. The van der Waals surface area contributed by atoms with Crippen LogP contribution in [0.4, 0.5) is 10.1 Å². The van der Waals surface area contributed by atoms with Gasteiger partial charge >= 0.3 is 0 Å². The van der Waals surface area contributed by atoms with Crippen LogP contribution in [-0.2, 0) is 0 Å². The number of carbonyl (C=O) groups excluding carboxylic acids is 1. The highest BCUT2D eigenvalue weighted by Gasteiger charge is 2.16. The molecule has 1 atom stereocenters. The molecule has 0 spiro atoms. The molecule has 4 nitrogen and oxygen atoms in total. The van der Waals surface area contributed by atoms with Crippen LogP contribution >= 0.6 is 0 Å². The fourth-order valence-corrected chi connectivity index (χ4v) is 2.62. The number of nitrogens with one attached hydrogen (secondary N) is 2. The molecule has 1 amide bonds. The standard InChI is InChI=1S/C17H18FN3O/c18-14-4-6-15(7-5-14)21-17(22)13-3-8-16(20-11-13)12-2-1-9-19-10-12/h3-8,11-12,19H,1-2,9-10H2,(H,21,22)/t12-/m1/s1. The summed E-state index contributed by atoms with van der Waals surface area (Å²) in [7, 11) is 0. The lowest BCUT2D eigenvalue weighted by atomic mass is 9.95. The van der Waals surface area contributed by atoms with E-state index in [4.69, 9.17) is 0 Å². The number of hydrogen-bond donors (Lipinski definition) is 2. The zero-order chi connectivity index (χ0) is 15.4. The van der Waals surface area contributed by atoms with Gasteiger partial charge < -0.3 is 10.6 Å². The van der Waals surface area contributed by atoms with E-state index in [-0.39, 0.29) is 11.7 Å². The molecule has 2 heterocycles. The zero-order valence-corrected chi connectivity index (χ0v) is 12.2. The molecule has 22 heavy (non-hydrogen) atoms. The Kier molecular flexibility index (Phi) is 4.44. The molecule has 1 fully saturated rings. The molecule has 0 radical (unpaired) electrons. The van der Waals surface area contributed by atoms with Crippen LogP contribution in [0.25, 0.3) is 0 Å². The van der Waals surface area contributed by atoms with E-state index in [2.05, 4.69) is 15.6 Å². The third kappa shape index (κ3) is 3.49. The lowest BCUT2D eigenvalue weighted by Gasteiger charge is -2.22. The topological polar surface area (TPSA) is 54.0 Å². The molecule has 5 heteroatoms. The predicted molar refractivity (Wildman–Crippen MR) is 83.4 cm³/mol. The van der Waals surface area contributed by atoms with E-state index in [1.165, 1.54) is 24.3 Å². The van der Waals surface area contributed by atoms with Crippen molar-refractivity contribution in [3.63, 3.8) is 0 Å². The molecule has 1 aromatic carbocycles. The number of pyridine rings is 1. The lowest BCUT2D eigenvalue weighted by molar-refractivity contribution is 0.102. The largest absolute Gasteiger partial charge is 0.322 e. The van der Waals surface area contributed by atoms with E-state index in [1.54, 1.807) is 12.3 Å². The summed E-state index contributed by atoms with van der Waals surface area (Å²) >= 11 is 0. The van der Waals surface area contributed by atoms with Crippen LogP contribution < -0.4 is 10.6 Å². The highest BCUT2D eigenvalue weighted by Crippen LogP contribution is 2.21. The van der Waals surface area contributed by atoms with E-state index < -0.39 is 0 Å². The second kappa shape index (κ2) is 6.66. The number of rotatable bonds is 3. The van der Waals surface area contributed by atoms with Gasteiger partial charge in [-0.25, -0.2) is 4.39 Å². The minimum absolute atomic E-state index is 0.243. The molecule has 114 valence electrons. The van der Waals surface area contributed by atoms with Gasteiger partial charge in [-0.2, -0.15) is 0 Å². The molecule has 1 aliphatic heterocycles. The number of amides is 1. The van der Waals surface area contributed by atoms with E-state index in [1.807, 2.05) is 6.07 Å². The fourth-order valence-electron chi connectivity index (χ4n) is 2.62. The summed E-state index contributed by atoms with van der Waals surface area (Å²) in [5.41, 5.74) is 2.08. The molecule has 1 aromatic heterocycles. The van der Waals surface area contributed by atoms with Gasteiger partial charge in [0.15, 0.2) is 0 Å². The van der Waals surface area contributed by atoms with Crippen molar-refractivity contribution in [1.82, 2.24) is 10.3 Å². The number of hydrogen-bond acceptors (Lipinski definition) is 3. The molecular weight excluding hydrogens is 281 g/mol. The Hall–Kier alpha value is -2.27. The Labute approximate surface area is 128 Å². The number of nitrogens with zero attached hydrogens (tertiary/aromatic N) is 1. The van der Waals surface area contributed by atoms with E-state index >= 15 is 0 Å². The van der Waals surface area contributed by atoms with Gasteiger partial charge in [-0.15, -0.1) is 0 Å². The van der Waals surface area contributed by atoms with Crippen LogP contribution in [-0.4, -0.2) is 24.0 Å². The van der Waals surface area contributed by atoms with E-state index in [0.29, 0.717) is 17.2 Å². The van der Waals surface area contributed by atoms with Crippen molar-refractivity contribution in [3.8, 4) is 0 Å². The molecule has 1 aliphatic rings. The molecule has 0 unspecified atom stereocenters. The van der Waals surface area contributed by atoms with Gasteiger partial charge in [-0.3, -0.25) is 9.78 Å². The average molecular weight is 299 g/mol. The zero-order valence-electron chi connectivity index (χ0n) is 12.2. The van der Waals surface area contributed by atoms with E-state index in [9.17, 15) is 9.18 Å². The van der Waals surface area contributed by atoms with Gasteiger partial charge in [0.2, 0.25) is 0 Å². The predicted octanol–water partition coefficient (Wildman–Crippen LogP) is 2.94. The molecule has 2 aromatic rings. The van der Waals surface area contributed by atoms with Crippen molar-refractivity contribution in [3.05, 3.63) is 59.7 Å². The maximum absolute atomic E-state index is 12.8. The summed E-state index contributed by atoms with van der Waals surface area (Å²) in [4.78, 5) is 16.5. The van der Waals surface area contributed by atoms with Crippen LogP contribution in [0.15, 0.2) is 42.6 Å². The first-order valence-corrected chi connectivity index (χ1v) is 7.46. The molecule has 2 N–H and O–H groups in total. The lowest BCUT2D eigenvalue weighted by Crippen LogP contribution is -2.28. The number of piperidine rings is 1. The minimum Gasteiger partial charge on any atom is -0.322 e. The van der Waals surface area contributed by atoms with Gasteiger partial charge in [0.25, 0.3) is 5.91 Å². The van der Waals surface area contributed by atoms with Crippen molar-refractivity contribution >= 4 is 11.6 Å². The fraction of sp³-hybridized carbons (Fsp3) is 0.294. The molecule has 3 rings (SSSR count).